The van der Waals surface area contributed by atoms with Gasteiger partial charge >= 0.3 is 0 Å². The molecule has 0 amide bonds. The fourth-order valence-electron chi connectivity index (χ4n) is 1.72. The van der Waals surface area contributed by atoms with Gasteiger partial charge in [-0.1, -0.05) is 41.8 Å². The first-order valence-electron chi connectivity index (χ1n) is 6.06. The van der Waals surface area contributed by atoms with Gasteiger partial charge in [-0.15, -0.1) is 0 Å². The molecule has 96 valence electrons. The third kappa shape index (κ3) is 2.71. The molecule has 2 heterocycles. The zero-order valence-electron chi connectivity index (χ0n) is 10.5. The molecule has 0 bridgehead atoms. The number of pyridine rings is 1. The van der Waals surface area contributed by atoms with Gasteiger partial charge in [-0.3, -0.25) is 0 Å². The summed E-state index contributed by atoms with van der Waals surface area (Å²) in [5.41, 5.74) is 2.33. The first kappa shape index (κ1) is 12.5. The number of hydrogen-bond donors (Lipinski definition) is 0. The molecule has 4 heteroatoms. The third-order valence-electron chi connectivity index (χ3n) is 2.68. The molecule has 3 rings (SSSR count). The van der Waals surface area contributed by atoms with E-state index in [0.29, 0.717) is 16.4 Å². The SMILES string of the molecule is Clc1nn(-c2ccccc2)cc1C#Cc1ccccn1. The predicted octanol–water partition coefficient (Wildman–Crippen LogP) is 3.32. The molecule has 3 nitrogen and oxygen atoms in total. The van der Waals surface area contributed by atoms with Gasteiger partial charge in [-0.2, -0.15) is 5.10 Å². The van der Waals surface area contributed by atoms with E-state index in [9.17, 15) is 0 Å². The minimum atomic E-state index is 0.386. The number of aromatic nitrogens is 3. The van der Waals surface area contributed by atoms with Crippen LogP contribution < -0.4 is 0 Å². The van der Waals surface area contributed by atoms with Crippen molar-refractivity contribution in [3.63, 3.8) is 0 Å². The molecule has 0 radical (unpaired) electrons. The maximum atomic E-state index is 6.11. The van der Waals surface area contributed by atoms with Gasteiger partial charge in [0.2, 0.25) is 0 Å². The van der Waals surface area contributed by atoms with Crippen molar-refractivity contribution in [2.24, 2.45) is 0 Å². The lowest BCUT2D eigenvalue weighted by atomic mass is 10.3. The largest absolute Gasteiger partial charge is 0.248 e. The summed E-state index contributed by atoms with van der Waals surface area (Å²) in [6.45, 7) is 0. The monoisotopic (exact) mass is 279 g/mol. The second kappa shape index (κ2) is 5.60. The molecule has 0 atom stereocenters. The van der Waals surface area contributed by atoms with Crippen LogP contribution in [-0.4, -0.2) is 14.8 Å². The van der Waals surface area contributed by atoms with Crippen molar-refractivity contribution in [2.45, 2.75) is 0 Å². The molecule has 20 heavy (non-hydrogen) atoms. The Labute approximate surface area is 121 Å². The van der Waals surface area contributed by atoms with Crippen molar-refractivity contribution in [3.8, 4) is 17.5 Å². The molecule has 0 N–H and O–H groups in total. The van der Waals surface area contributed by atoms with Crippen LogP contribution in [0.2, 0.25) is 5.15 Å². The highest BCUT2D eigenvalue weighted by Crippen LogP contribution is 2.15. The number of benzene rings is 1. The van der Waals surface area contributed by atoms with Gasteiger partial charge < -0.3 is 0 Å². The van der Waals surface area contributed by atoms with Crippen LogP contribution in [0.1, 0.15) is 11.3 Å². The van der Waals surface area contributed by atoms with Crippen LogP contribution in [0.25, 0.3) is 5.69 Å². The number of para-hydroxylation sites is 1. The lowest BCUT2D eigenvalue weighted by Gasteiger charge is -1.98. The Morgan fingerprint density at radius 2 is 1.75 bits per heavy atom. The molecular weight excluding hydrogens is 270 g/mol. The number of nitrogens with zero attached hydrogens (tertiary/aromatic N) is 3. The Bertz CT molecular complexity index is 768. The van der Waals surface area contributed by atoms with E-state index < -0.39 is 0 Å². The fourth-order valence-corrected chi connectivity index (χ4v) is 1.90. The standard InChI is InChI=1S/C16H10ClN3/c17-16-13(9-10-14-6-4-5-11-18-14)12-20(19-16)15-7-2-1-3-8-15/h1-8,11-12H. The number of halogens is 1. The van der Waals surface area contributed by atoms with Crippen molar-refractivity contribution < 1.29 is 0 Å². The molecule has 0 aliphatic carbocycles. The molecule has 0 aliphatic rings. The first-order valence-corrected chi connectivity index (χ1v) is 6.44. The highest BCUT2D eigenvalue weighted by molar-refractivity contribution is 6.30. The van der Waals surface area contributed by atoms with Crippen molar-refractivity contribution in [1.29, 1.82) is 0 Å². The van der Waals surface area contributed by atoms with Gasteiger partial charge in [0.05, 0.1) is 11.3 Å². The average Bonchev–Trinajstić information content (AvgIpc) is 2.88. The predicted molar refractivity (Wildman–Crippen MR) is 78.8 cm³/mol. The molecule has 0 saturated carbocycles. The third-order valence-corrected chi connectivity index (χ3v) is 2.96. The maximum absolute atomic E-state index is 6.11. The average molecular weight is 280 g/mol. The topological polar surface area (TPSA) is 30.7 Å². The molecule has 0 unspecified atom stereocenters. The molecule has 0 spiro atoms. The molecule has 0 fully saturated rings. The smallest absolute Gasteiger partial charge is 0.167 e. The van der Waals surface area contributed by atoms with Crippen LogP contribution in [0.3, 0.4) is 0 Å². The van der Waals surface area contributed by atoms with E-state index in [0.717, 1.165) is 5.69 Å². The first-order chi connectivity index (χ1) is 9.83. The Morgan fingerprint density at radius 1 is 0.950 bits per heavy atom. The van der Waals surface area contributed by atoms with Crippen LogP contribution in [0.5, 0.6) is 0 Å². The summed E-state index contributed by atoms with van der Waals surface area (Å²) >= 11 is 6.11. The van der Waals surface area contributed by atoms with Crippen LogP contribution >= 0.6 is 11.6 Å². The van der Waals surface area contributed by atoms with Gasteiger partial charge in [-0.05, 0) is 30.2 Å². The Balaban J connectivity index is 1.93. The van der Waals surface area contributed by atoms with Crippen LogP contribution in [0.15, 0.2) is 60.9 Å². The van der Waals surface area contributed by atoms with Crippen molar-refractivity contribution in [3.05, 3.63) is 77.3 Å². The Morgan fingerprint density at radius 3 is 2.50 bits per heavy atom. The van der Waals surface area contributed by atoms with Gasteiger partial charge in [-0.25, -0.2) is 9.67 Å². The molecule has 0 aliphatic heterocycles. The summed E-state index contributed by atoms with van der Waals surface area (Å²) in [6, 6.07) is 15.4. The zero-order valence-corrected chi connectivity index (χ0v) is 11.2. The van der Waals surface area contributed by atoms with Gasteiger partial charge in [0, 0.05) is 12.4 Å². The number of hydrogen-bond acceptors (Lipinski definition) is 2. The van der Waals surface area contributed by atoms with Crippen molar-refractivity contribution in [1.82, 2.24) is 14.8 Å². The number of rotatable bonds is 1. The second-order valence-corrected chi connectivity index (χ2v) is 4.44. The zero-order chi connectivity index (χ0) is 13.8. The lowest BCUT2D eigenvalue weighted by Crippen LogP contribution is -1.92. The quantitative estimate of drug-likeness (QED) is 0.640. The van der Waals surface area contributed by atoms with Crippen LogP contribution in [0.4, 0.5) is 0 Å². The summed E-state index contributed by atoms with van der Waals surface area (Å²) in [6.07, 6.45) is 3.52. The van der Waals surface area contributed by atoms with E-state index >= 15 is 0 Å². The molecule has 3 aromatic rings. The van der Waals surface area contributed by atoms with Crippen LogP contribution in [0, 0.1) is 11.8 Å². The van der Waals surface area contributed by atoms with E-state index in [4.69, 9.17) is 11.6 Å². The lowest BCUT2D eigenvalue weighted by molar-refractivity contribution is 0.881. The second-order valence-electron chi connectivity index (χ2n) is 4.08. The highest BCUT2D eigenvalue weighted by atomic mass is 35.5. The normalized spacial score (nSPS) is 9.85. The van der Waals surface area contributed by atoms with Gasteiger partial charge in [0.1, 0.15) is 5.69 Å². The van der Waals surface area contributed by atoms with Crippen molar-refractivity contribution >= 4 is 11.6 Å². The Hall–Kier alpha value is -2.57. The Kier molecular flexibility index (Phi) is 3.49. The maximum Gasteiger partial charge on any atom is 0.167 e. The molecular formula is C16H10ClN3. The van der Waals surface area contributed by atoms with E-state index in [-0.39, 0.29) is 0 Å². The summed E-state index contributed by atoms with van der Waals surface area (Å²) in [7, 11) is 0. The van der Waals surface area contributed by atoms with E-state index in [1.54, 1.807) is 10.9 Å². The minimum Gasteiger partial charge on any atom is -0.248 e. The fraction of sp³-hybridized carbons (Fsp3) is 0. The summed E-state index contributed by atoms with van der Waals surface area (Å²) in [5.74, 6) is 5.96. The molecule has 0 saturated heterocycles. The van der Waals surface area contributed by atoms with E-state index in [1.165, 1.54) is 0 Å². The molecule has 1 aromatic carbocycles. The van der Waals surface area contributed by atoms with E-state index in [2.05, 4.69) is 21.9 Å². The summed E-state index contributed by atoms with van der Waals surface area (Å²) < 4.78 is 1.71. The summed E-state index contributed by atoms with van der Waals surface area (Å²) in [5, 5.41) is 4.64. The van der Waals surface area contributed by atoms with Crippen molar-refractivity contribution in [2.75, 3.05) is 0 Å². The summed E-state index contributed by atoms with van der Waals surface area (Å²) in [4.78, 5) is 4.14. The minimum absolute atomic E-state index is 0.386. The van der Waals surface area contributed by atoms with Gasteiger partial charge in [0.25, 0.3) is 0 Å². The van der Waals surface area contributed by atoms with Crippen LogP contribution in [-0.2, 0) is 0 Å². The highest BCUT2D eigenvalue weighted by Gasteiger charge is 2.05. The van der Waals surface area contributed by atoms with E-state index in [1.807, 2.05) is 54.7 Å². The van der Waals surface area contributed by atoms with Gasteiger partial charge in [0.15, 0.2) is 5.15 Å². The molecule has 2 aromatic heterocycles.